The summed E-state index contributed by atoms with van der Waals surface area (Å²) in [5.41, 5.74) is 0.858. The van der Waals surface area contributed by atoms with E-state index >= 15 is 0 Å². The number of amides is 1. The van der Waals surface area contributed by atoms with Gasteiger partial charge in [0.1, 0.15) is 5.75 Å². The Bertz CT molecular complexity index is 980. The predicted octanol–water partition coefficient (Wildman–Crippen LogP) is 2.41. The van der Waals surface area contributed by atoms with Crippen LogP contribution < -0.4 is 9.64 Å². The summed E-state index contributed by atoms with van der Waals surface area (Å²) in [6.07, 6.45) is 4.28. The number of methoxy groups -OCH3 is 1. The largest absolute Gasteiger partial charge is 0.497 e. The van der Waals surface area contributed by atoms with Crippen LogP contribution >= 0.6 is 11.3 Å². The highest BCUT2D eigenvalue weighted by atomic mass is 32.1. The Morgan fingerprint density at radius 2 is 2.17 bits per heavy atom. The van der Waals surface area contributed by atoms with E-state index in [1.165, 1.54) is 11.3 Å². The molecule has 0 aliphatic carbocycles. The minimum absolute atomic E-state index is 0.134. The number of ether oxygens (including phenoxy) is 2. The normalized spacial score (nSPS) is 15.0. The van der Waals surface area contributed by atoms with Gasteiger partial charge >= 0.3 is 0 Å². The SMILES string of the molecule is COc1ccc2nc(N(CCCN3CCOCC3)C(=O)c3nccn3C)sc2c1. The van der Waals surface area contributed by atoms with Crippen molar-refractivity contribution in [2.75, 3.05) is 51.4 Å². The number of imidazole rings is 1. The third-order valence-electron chi connectivity index (χ3n) is 5.03. The molecule has 0 spiro atoms. The van der Waals surface area contributed by atoms with E-state index < -0.39 is 0 Å². The third kappa shape index (κ3) is 4.42. The minimum Gasteiger partial charge on any atom is -0.497 e. The molecule has 3 aromatic rings. The summed E-state index contributed by atoms with van der Waals surface area (Å²) in [7, 11) is 3.47. The fourth-order valence-corrected chi connectivity index (χ4v) is 4.41. The molecule has 8 nitrogen and oxygen atoms in total. The average Bonchev–Trinajstić information content (AvgIpc) is 3.36. The number of hydrogen-bond donors (Lipinski definition) is 0. The van der Waals surface area contributed by atoms with Gasteiger partial charge in [-0.15, -0.1) is 0 Å². The molecule has 0 saturated carbocycles. The lowest BCUT2D eigenvalue weighted by Crippen LogP contribution is -2.39. The molecule has 1 aliphatic heterocycles. The zero-order chi connectivity index (χ0) is 20.2. The van der Waals surface area contributed by atoms with Crippen LogP contribution in [0.5, 0.6) is 5.75 Å². The highest BCUT2D eigenvalue weighted by Gasteiger charge is 2.24. The fourth-order valence-electron chi connectivity index (χ4n) is 3.39. The number of carbonyl (C=O) groups excluding carboxylic acids is 1. The van der Waals surface area contributed by atoms with Crippen molar-refractivity contribution < 1.29 is 14.3 Å². The van der Waals surface area contributed by atoms with Crippen molar-refractivity contribution in [3.05, 3.63) is 36.4 Å². The minimum atomic E-state index is -0.134. The van der Waals surface area contributed by atoms with Crippen LogP contribution in [-0.4, -0.2) is 71.8 Å². The molecular formula is C20H25N5O3S. The number of aryl methyl sites for hydroxylation is 1. The molecule has 3 heterocycles. The van der Waals surface area contributed by atoms with Crippen molar-refractivity contribution in [3.8, 4) is 5.75 Å². The zero-order valence-corrected chi connectivity index (χ0v) is 17.5. The van der Waals surface area contributed by atoms with Gasteiger partial charge in [-0.1, -0.05) is 11.3 Å². The van der Waals surface area contributed by atoms with Crippen molar-refractivity contribution in [2.24, 2.45) is 7.05 Å². The van der Waals surface area contributed by atoms with E-state index in [0.717, 1.165) is 55.2 Å². The van der Waals surface area contributed by atoms with Gasteiger partial charge in [-0.25, -0.2) is 9.97 Å². The number of carbonyl (C=O) groups is 1. The quantitative estimate of drug-likeness (QED) is 0.590. The van der Waals surface area contributed by atoms with Crippen molar-refractivity contribution >= 4 is 32.6 Å². The molecule has 154 valence electrons. The van der Waals surface area contributed by atoms with E-state index in [-0.39, 0.29) is 5.91 Å². The van der Waals surface area contributed by atoms with Crippen molar-refractivity contribution in [2.45, 2.75) is 6.42 Å². The molecule has 1 fully saturated rings. The molecule has 1 aliphatic rings. The number of rotatable bonds is 7. The van der Waals surface area contributed by atoms with Gasteiger partial charge in [0, 0.05) is 45.6 Å². The van der Waals surface area contributed by atoms with Gasteiger partial charge in [0.05, 0.1) is 30.5 Å². The second-order valence-electron chi connectivity index (χ2n) is 6.96. The van der Waals surface area contributed by atoms with E-state index in [1.54, 1.807) is 29.0 Å². The first-order valence-electron chi connectivity index (χ1n) is 9.69. The summed E-state index contributed by atoms with van der Waals surface area (Å²) >= 11 is 1.50. The van der Waals surface area contributed by atoms with E-state index in [9.17, 15) is 4.79 Å². The Balaban J connectivity index is 1.57. The van der Waals surface area contributed by atoms with Gasteiger partial charge in [0.15, 0.2) is 11.0 Å². The standard InChI is InChI=1S/C20H25N5O3S/c1-23-9-6-21-18(23)19(26)25(8-3-7-24-10-12-28-13-11-24)20-22-16-5-4-15(27-2)14-17(16)29-20/h4-6,9,14H,3,7-8,10-13H2,1-2H3. The van der Waals surface area contributed by atoms with Crippen molar-refractivity contribution in [1.82, 2.24) is 19.4 Å². The molecule has 0 unspecified atom stereocenters. The first-order chi connectivity index (χ1) is 14.2. The summed E-state index contributed by atoms with van der Waals surface area (Å²) in [4.78, 5) is 26.3. The number of benzene rings is 1. The number of anilines is 1. The van der Waals surface area contributed by atoms with Crippen LogP contribution in [0.25, 0.3) is 10.2 Å². The van der Waals surface area contributed by atoms with E-state index in [1.807, 2.05) is 25.2 Å². The number of morpholine rings is 1. The number of hydrogen-bond acceptors (Lipinski definition) is 7. The molecule has 1 saturated heterocycles. The fraction of sp³-hybridized carbons (Fsp3) is 0.450. The zero-order valence-electron chi connectivity index (χ0n) is 16.7. The van der Waals surface area contributed by atoms with Crippen LogP contribution in [0.3, 0.4) is 0 Å². The Labute approximate surface area is 173 Å². The van der Waals surface area contributed by atoms with Crippen molar-refractivity contribution in [1.29, 1.82) is 0 Å². The van der Waals surface area contributed by atoms with Gasteiger partial charge in [0.25, 0.3) is 5.91 Å². The predicted molar refractivity (Wildman–Crippen MR) is 113 cm³/mol. The Hall–Kier alpha value is -2.49. The van der Waals surface area contributed by atoms with Crippen LogP contribution in [0, 0.1) is 0 Å². The summed E-state index contributed by atoms with van der Waals surface area (Å²) < 4.78 is 13.5. The average molecular weight is 416 g/mol. The Kier molecular flexibility index (Phi) is 6.08. The van der Waals surface area contributed by atoms with Gasteiger partial charge in [-0.3, -0.25) is 14.6 Å². The molecule has 9 heteroatoms. The topological polar surface area (TPSA) is 72.7 Å². The first-order valence-corrected chi connectivity index (χ1v) is 10.5. The van der Waals surface area contributed by atoms with Gasteiger partial charge in [-0.05, 0) is 24.6 Å². The molecule has 2 aromatic heterocycles. The molecule has 29 heavy (non-hydrogen) atoms. The highest BCUT2D eigenvalue weighted by Crippen LogP contribution is 2.32. The Morgan fingerprint density at radius 1 is 1.34 bits per heavy atom. The second-order valence-corrected chi connectivity index (χ2v) is 7.97. The van der Waals surface area contributed by atoms with Gasteiger partial charge < -0.3 is 14.0 Å². The van der Waals surface area contributed by atoms with E-state index in [2.05, 4.69) is 9.88 Å². The summed E-state index contributed by atoms with van der Waals surface area (Å²) in [5.74, 6) is 1.06. The maximum atomic E-state index is 13.3. The molecular weight excluding hydrogens is 390 g/mol. The maximum Gasteiger partial charge on any atom is 0.296 e. The monoisotopic (exact) mass is 415 g/mol. The van der Waals surface area contributed by atoms with Crippen molar-refractivity contribution in [3.63, 3.8) is 0 Å². The summed E-state index contributed by atoms with van der Waals surface area (Å²) in [6, 6.07) is 5.76. The third-order valence-corrected chi connectivity index (χ3v) is 6.07. The maximum absolute atomic E-state index is 13.3. The van der Waals surface area contributed by atoms with Crippen LogP contribution in [0.1, 0.15) is 17.0 Å². The number of fused-ring (bicyclic) bond motifs is 1. The van der Waals surface area contributed by atoms with Crippen LogP contribution in [0.4, 0.5) is 5.13 Å². The van der Waals surface area contributed by atoms with Gasteiger partial charge in [-0.2, -0.15) is 0 Å². The molecule has 4 rings (SSSR count). The Morgan fingerprint density at radius 3 is 2.90 bits per heavy atom. The molecule has 0 N–H and O–H groups in total. The number of thiazole rings is 1. The molecule has 1 amide bonds. The summed E-state index contributed by atoms with van der Waals surface area (Å²) in [5, 5.41) is 0.684. The lowest BCUT2D eigenvalue weighted by molar-refractivity contribution is 0.0376. The molecule has 1 aromatic carbocycles. The lowest BCUT2D eigenvalue weighted by Gasteiger charge is -2.27. The second kappa shape index (κ2) is 8.89. The molecule has 0 atom stereocenters. The van der Waals surface area contributed by atoms with Crippen LogP contribution in [-0.2, 0) is 11.8 Å². The van der Waals surface area contributed by atoms with Crippen LogP contribution in [0.15, 0.2) is 30.6 Å². The molecule has 0 radical (unpaired) electrons. The first kappa shape index (κ1) is 19.8. The van der Waals surface area contributed by atoms with Crippen LogP contribution in [0.2, 0.25) is 0 Å². The lowest BCUT2D eigenvalue weighted by atomic mass is 10.3. The summed E-state index contributed by atoms with van der Waals surface area (Å²) in [6.45, 7) is 4.93. The number of nitrogens with zero attached hydrogens (tertiary/aromatic N) is 5. The van der Waals surface area contributed by atoms with E-state index in [4.69, 9.17) is 14.5 Å². The number of aromatic nitrogens is 3. The van der Waals surface area contributed by atoms with E-state index in [0.29, 0.717) is 17.5 Å². The molecule has 0 bridgehead atoms. The smallest absolute Gasteiger partial charge is 0.296 e. The van der Waals surface area contributed by atoms with Gasteiger partial charge in [0.2, 0.25) is 0 Å². The highest BCUT2D eigenvalue weighted by molar-refractivity contribution is 7.22.